The number of H-pyrrole nitrogens is 1. The monoisotopic (exact) mass is 434 g/mol. The molecule has 0 saturated heterocycles. The third-order valence-electron chi connectivity index (χ3n) is 3.87. The average molecular weight is 435 g/mol. The van der Waals surface area contributed by atoms with Crippen LogP contribution in [0, 0.1) is 11.7 Å². The van der Waals surface area contributed by atoms with Gasteiger partial charge in [0.1, 0.15) is 12.4 Å². The smallest absolute Gasteiger partial charge is 0.214 e. The number of methoxy groups -OCH3 is 1. The van der Waals surface area contributed by atoms with Gasteiger partial charge in [-0.3, -0.25) is 5.10 Å². The summed E-state index contributed by atoms with van der Waals surface area (Å²) in [6, 6.07) is 13.8. The van der Waals surface area contributed by atoms with E-state index in [2.05, 4.69) is 31.6 Å². The van der Waals surface area contributed by atoms with Crippen LogP contribution in [0.15, 0.2) is 46.9 Å². The predicted octanol–water partition coefficient (Wildman–Crippen LogP) is 4.34. The third-order valence-corrected chi connectivity index (χ3v) is 4.88. The molecule has 0 aliphatic rings. The van der Waals surface area contributed by atoms with Crippen molar-refractivity contribution in [2.45, 2.75) is 20.1 Å². The van der Waals surface area contributed by atoms with Crippen LogP contribution in [-0.4, -0.2) is 22.0 Å². The highest BCUT2D eigenvalue weighted by molar-refractivity contribution is 9.10. The maximum Gasteiger partial charge on any atom is 0.214 e. The Morgan fingerprint density at radius 3 is 2.65 bits per heavy atom. The second-order valence-electron chi connectivity index (χ2n) is 5.58. The molecule has 2 aromatic carbocycles. The Kier molecular flexibility index (Phi) is 5.95. The van der Waals surface area contributed by atoms with E-state index in [0.717, 1.165) is 21.4 Å². The van der Waals surface area contributed by atoms with Crippen molar-refractivity contribution in [3.63, 3.8) is 0 Å². The quantitative estimate of drug-likeness (QED) is 0.541. The van der Waals surface area contributed by atoms with Gasteiger partial charge in [0.25, 0.3) is 0 Å². The molecule has 0 amide bonds. The molecule has 0 atom stereocenters. The normalized spacial score (nSPS) is 10.6. The molecule has 0 spiro atoms. The van der Waals surface area contributed by atoms with Crippen LogP contribution in [-0.2, 0) is 13.2 Å². The lowest BCUT2D eigenvalue weighted by Crippen LogP contribution is -2.17. The SMILES string of the molecule is COc1ccc(Br)c(CNn2c(C)n[nH]c2=S)c1OCc1ccccc1. The van der Waals surface area contributed by atoms with Gasteiger partial charge in [-0.05, 0) is 36.8 Å². The molecule has 0 unspecified atom stereocenters. The molecule has 0 saturated carbocycles. The van der Waals surface area contributed by atoms with Gasteiger partial charge in [0.15, 0.2) is 11.5 Å². The highest BCUT2D eigenvalue weighted by Gasteiger charge is 2.15. The van der Waals surface area contributed by atoms with Crippen molar-refractivity contribution in [3.8, 4) is 11.5 Å². The van der Waals surface area contributed by atoms with E-state index < -0.39 is 0 Å². The fourth-order valence-electron chi connectivity index (χ4n) is 2.52. The second-order valence-corrected chi connectivity index (χ2v) is 6.82. The number of hydrogen-bond acceptors (Lipinski definition) is 5. The Hall–Kier alpha value is -2.32. The Morgan fingerprint density at radius 1 is 1.23 bits per heavy atom. The number of nitrogens with one attached hydrogen (secondary N) is 2. The molecule has 1 heterocycles. The summed E-state index contributed by atoms with van der Waals surface area (Å²) >= 11 is 8.84. The fraction of sp³-hybridized carbons (Fsp3) is 0.222. The van der Waals surface area contributed by atoms with Crippen LogP contribution in [0.2, 0.25) is 0 Å². The molecule has 1 aromatic heterocycles. The summed E-state index contributed by atoms with van der Waals surface area (Å²) in [5.41, 5.74) is 5.28. The standard InChI is InChI=1S/C18H19BrN4O2S/c1-12-21-22-18(26)23(12)20-10-14-15(19)8-9-16(24-2)17(14)25-11-13-6-4-3-5-7-13/h3-9,20H,10-11H2,1-2H3,(H,22,26). The highest BCUT2D eigenvalue weighted by Crippen LogP contribution is 2.37. The van der Waals surface area contributed by atoms with Crippen LogP contribution in [0.1, 0.15) is 17.0 Å². The molecule has 2 N–H and O–H groups in total. The van der Waals surface area contributed by atoms with Crippen molar-refractivity contribution in [1.29, 1.82) is 0 Å². The van der Waals surface area contributed by atoms with E-state index in [1.165, 1.54) is 0 Å². The minimum absolute atomic E-state index is 0.449. The van der Waals surface area contributed by atoms with E-state index >= 15 is 0 Å². The topological polar surface area (TPSA) is 64.1 Å². The van der Waals surface area contributed by atoms with Crippen LogP contribution in [0.25, 0.3) is 0 Å². The van der Waals surface area contributed by atoms with E-state index in [0.29, 0.717) is 29.4 Å². The highest BCUT2D eigenvalue weighted by atomic mass is 79.9. The Morgan fingerprint density at radius 2 is 2.00 bits per heavy atom. The van der Waals surface area contributed by atoms with Crippen molar-refractivity contribution >= 4 is 28.1 Å². The first kappa shape index (κ1) is 18.5. The molecule has 0 radical (unpaired) electrons. The zero-order valence-electron chi connectivity index (χ0n) is 14.5. The Labute approximate surface area is 165 Å². The summed E-state index contributed by atoms with van der Waals surface area (Å²) in [7, 11) is 1.63. The van der Waals surface area contributed by atoms with Crippen LogP contribution in [0.3, 0.4) is 0 Å². The third kappa shape index (κ3) is 4.08. The van der Waals surface area contributed by atoms with Crippen molar-refractivity contribution < 1.29 is 9.47 Å². The molecular formula is C18H19BrN4O2S. The van der Waals surface area contributed by atoms with Crippen molar-refractivity contribution in [3.05, 3.63) is 68.7 Å². The van der Waals surface area contributed by atoms with Gasteiger partial charge in [0.2, 0.25) is 4.77 Å². The summed E-state index contributed by atoms with van der Waals surface area (Å²) < 4.78 is 14.7. The lowest BCUT2D eigenvalue weighted by Gasteiger charge is -2.18. The van der Waals surface area contributed by atoms with Crippen LogP contribution in [0.5, 0.6) is 11.5 Å². The average Bonchev–Trinajstić information content (AvgIpc) is 2.98. The largest absolute Gasteiger partial charge is 0.493 e. The molecule has 3 aromatic rings. The van der Waals surface area contributed by atoms with E-state index in [9.17, 15) is 0 Å². The summed E-state index contributed by atoms with van der Waals surface area (Å²) in [5.74, 6) is 2.11. The number of halogens is 1. The summed E-state index contributed by atoms with van der Waals surface area (Å²) in [5, 5.41) is 6.86. The maximum absolute atomic E-state index is 6.10. The summed E-state index contributed by atoms with van der Waals surface area (Å²) in [6.07, 6.45) is 0. The lowest BCUT2D eigenvalue weighted by molar-refractivity contribution is 0.281. The summed E-state index contributed by atoms with van der Waals surface area (Å²) in [6.45, 7) is 2.80. The minimum atomic E-state index is 0.449. The molecule has 3 rings (SSSR count). The van der Waals surface area contributed by atoms with Crippen LogP contribution < -0.4 is 14.9 Å². The van der Waals surface area contributed by atoms with Gasteiger partial charge in [0, 0.05) is 10.0 Å². The fourth-order valence-corrected chi connectivity index (χ4v) is 3.21. The maximum atomic E-state index is 6.10. The molecule has 0 aliphatic heterocycles. The number of rotatable bonds is 7. The number of nitrogens with zero attached hydrogens (tertiary/aromatic N) is 2. The zero-order chi connectivity index (χ0) is 18.5. The van der Waals surface area contributed by atoms with E-state index in [-0.39, 0.29) is 0 Å². The second kappa shape index (κ2) is 8.37. The van der Waals surface area contributed by atoms with Crippen molar-refractivity contribution in [2.75, 3.05) is 12.5 Å². The molecule has 136 valence electrons. The zero-order valence-corrected chi connectivity index (χ0v) is 16.9. The summed E-state index contributed by atoms with van der Waals surface area (Å²) in [4.78, 5) is 0. The number of hydrogen-bond donors (Lipinski definition) is 2. The van der Waals surface area contributed by atoms with E-state index in [4.69, 9.17) is 21.7 Å². The molecule has 0 fully saturated rings. The van der Waals surface area contributed by atoms with Crippen molar-refractivity contribution in [1.82, 2.24) is 14.9 Å². The first-order chi connectivity index (χ1) is 12.6. The Balaban J connectivity index is 1.86. The van der Waals surface area contributed by atoms with Crippen molar-refractivity contribution in [2.24, 2.45) is 0 Å². The van der Waals surface area contributed by atoms with Gasteiger partial charge in [0.05, 0.1) is 13.7 Å². The van der Waals surface area contributed by atoms with Gasteiger partial charge in [-0.2, -0.15) is 5.10 Å². The Bertz CT molecular complexity index is 940. The first-order valence-corrected chi connectivity index (χ1v) is 9.20. The first-order valence-electron chi connectivity index (χ1n) is 8.00. The van der Waals surface area contributed by atoms with Gasteiger partial charge in [-0.25, -0.2) is 4.68 Å². The number of aryl methyl sites for hydroxylation is 1. The van der Waals surface area contributed by atoms with Crippen LogP contribution in [0.4, 0.5) is 0 Å². The number of aromatic amines is 1. The van der Waals surface area contributed by atoms with Gasteiger partial charge >= 0.3 is 0 Å². The van der Waals surface area contributed by atoms with E-state index in [1.54, 1.807) is 11.8 Å². The molecule has 26 heavy (non-hydrogen) atoms. The van der Waals surface area contributed by atoms with Gasteiger partial charge in [-0.15, -0.1) is 0 Å². The van der Waals surface area contributed by atoms with Gasteiger partial charge in [-0.1, -0.05) is 46.3 Å². The molecule has 0 aliphatic carbocycles. The lowest BCUT2D eigenvalue weighted by atomic mass is 10.2. The minimum Gasteiger partial charge on any atom is -0.493 e. The molecule has 6 nitrogen and oxygen atoms in total. The van der Waals surface area contributed by atoms with Gasteiger partial charge < -0.3 is 14.9 Å². The van der Waals surface area contributed by atoms with Crippen LogP contribution >= 0.6 is 28.1 Å². The molecule has 0 bridgehead atoms. The predicted molar refractivity (Wildman–Crippen MR) is 107 cm³/mol. The molecular weight excluding hydrogens is 416 g/mol. The number of aromatic nitrogens is 3. The number of benzene rings is 2. The number of ether oxygens (including phenoxy) is 2. The molecule has 8 heteroatoms. The van der Waals surface area contributed by atoms with E-state index in [1.807, 2.05) is 49.4 Å².